The van der Waals surface area contributed by atoms with Crippen LogP contribution in [0.25, 0.3) is 0 Å². The van der Waals surface area contributed by atoms with Crippen LogP contribution in [-0.2, 0) is 17.9 Å². The lowest BCUT2D eigenvalue weighted by Gasteiger charge is -2.22. The van der Waals surface area contributed by atoms with Crippen molar-refractivity contribution in [2.45, 2.75) is 20.0 Å². The molecule has 118 valence electrons. The van der Waals surface area contributed by atoms with Gasteiger partial charge in [0.05, 0.1) is 18.8 Å². The molecule has 1 amide bonds. The Bertz CT molecular complexity index is 589. The van der Waals surface area contributed by atoms with Crippen LogP contribution in [0.15, 0.2) is 48.7 Å². The van der Waals surface area contributed by atoms with Gasteiger partial charge in [0.2, 0.25) is 5.91 Å². The number of pyridine rings is 1. The molecule has 1 heterocycles. The number of carbonyl (C=O) groups is 1. The average molecular weight is 320 g/mol. The topological polar surface area (TPSA) is 45.2 Å². The lowest BCUT2D eigenvalue weighted by atomic mass is 10.1. The summed E-state index contributed by atoms with van der Waals surface area (Å²) in [5.74, 6) is 0.0738. The Labute approximate surface area is 138 Å². The van der Waals surface area contributed by atoms with Crippen molar-refractivity contribution in [2.75, 3.05) is 13.6 Å². The van der Waals surface area contributed by atoms with Gasteiger partial charge in [0.25, 0.3) is 0 Å². The average Bonchev–Trinajstić information content (AvgIpc) is 2.48. The maximum absolute atomic E-state index is 12.3. The lowest BCUT2D eigenvalue weighted by molar-refractivity contribution is -0.131. The third-order valence-corrected chi connectivity index (χ3v) is 3.22. The molecule has 1 aromatic carbocycles. The van der Waals surface area contributed by atoms with E-state index in [2.05, 4.69) is 29.4 Å². The van der Waals surface area contributed by atoms with Gasteiger partial charge in [-0.15, -0.1) is 12.4 Å². The number of carbonyl (C=O) groups excluding carboxylic acids is 1. The molecule has 0 aliphatic rings. The van der Waals surface area contributed by atoms with Gasteiger partial charge in [0.15, 0.2) is 0 Å². The zero-order valence-corrected chi connectivity index (χ0v) is 13.8. The van der Waals surface area contributed by atoms with Crippen molar-refractivity contribution in [3.8, 4) is 0 Å². The van der Waals surface area contributed by atoms with Gasteiger partial charge >= 0.3 is 0 Å². The molecule has 5 heteroatoms. The molecule has 0 aliphatic carbocycles. The number of benzene rings is 1. The molecule has 1 aromatic heterocycles. The number of aryl methyl sites for hydroxylation is 1. The number of likely N-dealkylation sites (N-methyl/N-ethyl adjacent to an activating group) is 1. The number of nitrogens with one attached hydrogen (secondary N) is 1. The zero-order chi connectivity index (χ0) is 15.1. The van der Waals surface area contributed by atoms with E-state index in [1.165, 1.54) is 5.56 Å². The maximum Gasteiger partial charge on any atom is 0.237 e. The number of halogens is 1. The Balaban J connectivity index is 0.00000242. The SMILES string of the molecule is CNCC(=O)N(Cc1cccc(C)c1)Cc1ccccn1.Cl. The summed E-state index contributed by atoms with van der Waals surface area (Å²) in [4.78, 5) is 18.4. The number of amides is 1. The van der Waals surface area contributed by atoms with E-state index < -0.39 is 0 Å². The normalized spacial score (nSPS) is 9.91. The van der Waals surface area contributed by atoms with E-state index in [1.54, 1.807) is 13.2 Å². The van der Waals surface area contributed by atoms with Crippen LogP contribution in [-0.4, -0.2) is 29.4 Å². The van der Waals surface area contributed by atoms with Crippen LogP contribution in [0.1, 0.15) is 16.8 Å². The Kier molecular flexibility index (Phi) is 7.57. The molecule has 0 atom stereocenters. The van der Waals surface area contributed by atoms with Crippen LogP contribution >= 0.6 is 12.4 Å². The highest BCUT2D eigenvalue weighted by Crippen LogP contribution is 2.10. The first-order valence-corrected chi connectivity index (χ1v) is 7.07. The third kappa shape index (κ3) is 5.47. The van der Waals surface area contributed by atoms with Crippen LogP contribution in [0, 0.1) is 6.92 Å². The van der Waals surface area contributed by atoms with E-state index in [9.17, 15) is 4.79 Å². The van der Waals surface area contributed by atoms with Crippen molar-refractivity contribution in [3.05, 3.63) is 65.5 Å². The fourth-order valence-electron chi connectivity index (χ4n) is 2.21. The number of rotatable bonds is 6. The van der Waals surface area contributed by atoms with E-state index in [0.717, 1.165) is 11.3 Å². The molecule has 22 heavy (non-hydrogen) atoms. The maximum atomic E-state index is 12.3. The highest BCUT2D eigenvalue weighted by Gasteiger charge is 2.14. The van der Waals surface area contributed by atoms with Crippen LogP contribution < -0.4 is 5.32 Å². The van der Waals surface area contributed by atoms with Crippen molar-refractivity contribution >= 4 is 18.3 Å². The van der Waals surface area contributed by atoms with Crippen molar-refractivity contribution in [1.82, 2.24) is 15.2 Å². The molecule has 0 aliphatic heterocycles. The number of hydrogen-bond donors (Lipinski definition) is 1. The minimum absolute atomic E-state index is 0. The summed E-state index contributed by atoms with van der Waals surface area (Å²) in [5, 5.41) is 2.92. The number of nitrogens with zero attached hydrogens (tertiary/aromatic N) is 2. The fourth-order valence-corrected chi connectivity index (χ4v) is 2.21. The van der Waals surface area contributed by atoms with Crippen molar-refractivity contribution in [1.29, 1.82) is 0 Å². The van der Waals surface area contributed by atoms with E-state index in [1.807, 2.05) is 35.2 Å². The van der Waals surface area contributed by atoms with Crippen molar-refractivity contribution in [2.24, 2.45) is 0 Å². The molecule has 0 unspecified atom stereocenters. The predicted molar refractivity (Wildman–Crippen MR) is 90.8 cm³/mol. The van der Waals surface area contributed by atoms with Gasteiger partial charge in [-0.2, -0.15) is 0 Å². The molecule has 0 spiro atoms. The van der Waals surface area contributed by atoms with Crippen LogP contribution in [0.4, 0.5) is 0 Å². The molecule has 4 nitrogen and oxygen atoms in total. The molecule has 0 radical (unpaired) electrons. The van der Waals surface area contributed by atoms with Gasteiger partial charge < -0.3 is 10.2 Å². The lowest BCUT2D eigenvalue weighted by Crippen LogP contribution is -2.36. The summed E-state index contributed by atoms with van der Waals surface area (Å²) in [6.07, 6.45) is 1.75. The Hall–Kier alpha value is -1.91. The molecule has 0 bridgehead atoms. The predicted octanol–water partition coefficient (Wildman–Crippen LogP) is 2.56. The Morgan fingerprint density at radius 2 is 2.00 bits per heavy atom. The van der Waals surface area contributed by atoms with Crippen molar-refractivity contribution < 1.29 is 4.79 Å². The van der Waals surface area contributed by atoms with E-state index in [0.29, 0.717) is 19.6 Å². The number of aromatic nitrogens is 1. The molecular formula is C17H22ClN3O. The zero-order valence-electron chi connectivity index (χ0n) is 13.0. The molecule has 2 rings (SSSR count). The summed E-state index contributed by atoms with van der Waals surface area (Å²) in [5.41, 5.74) is 3.23. The van der Waals surface area contributed by atoms with Gasteiger partial charge in [-0.1, -0.05) is 35.9 Å². The van der Waals surface area contributed by atoms with Gasteiger partial charge in [-0.3, -0.25) is 9.78 Å². The second-order valence-electron chi connectivity index (χ2n) is 5.09. The molecule has 0 fully saturated rings. The Morgan fingerprint density at radius 1 is 1.18 bits per heavy atom. The quantitative estimate of drug-likeness (QED) is 0.890. The summed E-state index contributed by atoms with van der Waals surface area (Å²) in [7, 11) is 1.78. The first-order chi connectivity index (χ1) is 10.2. The van der Waals surface area contributed by atoms with Crippen LogP contribution in [0.2, 0.25) is 0 Å². The summed E-state index contributed by atoms with van der Waals surface area (Å²) in [6.45, 7) is 3.51. The minimum Gasteiger partial charge on any atom is -0.331 e. The molecule has 0 saturated heterocycles. The largest absolute Gasteiger partial charge is 0.331 e. The van der Waals surface area contributed by atoms with Gasteiger partial charge in [0.1, 0.15) is 0 Å². The molecule has 2 aromatic rings. The molecular weight excluding hydrogens is 298 g/mol. The molecule has 1 N–H and O–H groups in total. The molecule has 0 saturated carbocycles. The van der Waals surface area contributed by atoms with E-state index >= 15 is 0 Å². The standard InChI is InChI=1S/C17H21N3O.ClH/c1-14-6-5-7-15(10-14)12-20(17(21)11-18-2)13-16-8-3-4-9-19-16;/h3-10,18H,11-13H2,1-2H3;1H. The smallest absolute Gasteiger partial charge is 0.237 e. The highest BCUT2D eigenvalue weighted by atomic mass is 35.5. The van der Waals surface area contributed by atoms with Gasteiger partial charge in [-0.05, 0) is 31.7 Å². The monoisotopic (exact) mass is 319 g/mol. The minimum atomic E-state index is 0. The second-order valence-corrected chi connectivity index (χ2v) is 5.09. The van der Waals surface area contributed by atoms with E-state index in [-0.39, 0.29) is 18.3 Å². The highest BCUT2D eigenvalue weighted by molar-refractivity contribution is 5.85. The number of hydrogen-bond acceptors (Lipinski definition) is 3. The summed E-state index contributed by atoms with van der Waals surface area (Å²) >= 11 is 0. The van der Waals surface area contributed by atoms with Crippen molar-refractivity contribution in [3.63, 3.8) is 0 Å². The first kappa shape index (κ1) is 18.1. The fraction of sp³-hybridized carbons (Fsp3) is 0.294. The summed E-state index contributed by atoms with van der Waals surface area (Å²) < 4.78 is 0. The summed E-state index contributed by atoms with van der Waals surface area (Å²) in [6, 6.07) is 14.0. The van der Waals surface area contributed by atoms with E-state index in [4.69, 9.17) is 0 Å². The third-order valence-electron chi connectivity index (χ3n) is 3.22. The van der Waals surface area contributed by atoms with Crippen LogP contribution in [0.3, 0.4) is 0 Å². The van der Waals surface area contributed by atoms with Gasteiger partial charge in [-0.25, -0.2) is 0 Å². The first-order valence-electron chi connectivity index (χ1n) is 7.07. The Morgan fingerprint density at radius 3 is 2.64 bits per heavy atom. The van der Waals surface area contributed by atoms with Crippen LogP contribution in [0.5, 0.6) is 0 Å². The van der Waals surface area contributed by atoms with Gasteiger partial charge in [0, 0.05) is 12.7 Å². The second kappa shape index (κ2) is 9.18.